The van der Waals surface area contributed by atoms with Crippen LogP contribution in [-0.4, -0.2) is 39.7 Å². The smallest absolute Gasteiger partial charge is 0.123 e. The minimum absolute atomic E-state index is 0.0967. The highest BCUT2D eigenvalue weighted by Gasteiger charge is 2.12. The molecule has 0 aliphatic carbocycles. The molecule has 16 heavy (non-hydrogen) atoms. The largest absolute Gasteiger partial charge is 0.395 e. The van der Waals surface area contributed by atoms with E-state index in [-0.39, 0.29) is 12.6 Å². The summed E-state index contributed by atoms with van der Waals surface area (Å²) in [6, 6.07) is 3.90. The highest BCUT2D eigenvalue weighted by molar-refractivity contribution is 7.80. The van der Waals surface area contributed by atoms with E-state index >= 15 is 0 Å². The zero-order chi connectivity index (χ0) is 12.1. The van der Waals surface area contributed by atoms with Crippen LogP contribution in [0.25, 0.3) is 0 Å². The number of aliphatic hydroxyl groups is 1. The maximum atomic E-state index is 9.05. The van der Waals surface area contributed by atoms with E-state index in [9.17, 15) is 0 Å². The normalized spacial score (nSPS) is 12.8. The molecule has 0 aliphatic heterocycles. The highest BCUT2D eigenvalue weighted by Crippen LogP contribution is 2.10. The number of likely N-dealkylation sites (N-methyl/N-ethyl adjacent to an activating group) is 1. The average Bonchev–Trinajstić information content (AvgIpc) is 2.28. The van der Waals surface area contributed by atoms with Gasteiger partial charge in [0.1, 0.15) is 10.7 Å². The van der Waals surface area contributed by atoms with E-state index in [0.29, 0.717) is 17.2 Å². The van der Waals surface area contributed by atoms with Crippen molar-refractivity contribution in [3.05, 3.63) is 29.6 Å². The third-order valence-corrected chi connectivity index (χ3v) is 2.75. The predicted octanol–water partition coefficient (Wildman–Crippen LogP) is 0.528. The number of hydrogen-bond acceptors (Lipinski definition) is 4. The number of nitrogens with two attached hydrogens (primary N) is 1. The lowest BCUT2D eigenvalue weighted by molar-refractivity contribution is 0.154. The van der Waals surface area contributed by atoms with Crippen LogP contribution in [0.4, 0.5) is 0 Å². The van der Waals surface area contributed by atoms with Crippen LogP contribution in [0.5, 0.6) is 0 Å². The van der Waals surface area contributed by atoms with Gasteiger partial charge in [-0.2, -0.15) is 0 Å². The molecule has 0 saturated heterocycles. The second-order valence-electron chi connectivity index (χ2n) is 3.82. The van der Waals surface area contributed by atoms with Gasteiger partial charge in [0.25, 0.3) is 0 Å². The summed E-state index contributed by atoms with van der Waals surface area (Å²) < 4.78 is 0. The van der Waals surface area contributed by atoms with Crippen molar-refractivity contribution in [3.8, 4) is 0 Å². The van der Waals surface area contributed by atoms with Crippen molar-refractivity contribution in [2.45, 2.75) is 19.5 Å². The fourth-order valence-electron chi connectivity index (χ4n) is 1.35. The second kappa shape index (κ2) is 5.89. The first-order valence-corrected chi connectivity index (χ1v) is 5.52. The molecule has 0 bridgehead atoms. The molecule has 0 spiro atoms. The molecule has 1 rings (SSSR count). The number of rotatable bonds is 5. The Bertz CT molecular complexity index is 370. The molecule has 3 N–H and O–H groups in total. The van der Waals surface area contributed by atoms with Crippen molar-refractivity contribution in [2.75, 3.05) is 13.7 Å². The lowest BCUT2D eigenvalue weighted by Crippen LogP contribution is -2.32. The molecule has 4 nitrogen and oxygen atoms in total. The van der Waals surface area contributed by atoms with Gasteiger partial charge in [0.15, 0.2) is 0 Å². The van der Waals surface area contributed by atoms with E-state index in [4.69, 9.17) is 23.1 Å². The summed E-state index contributed by atoms with van der Waals surface area (Å²) in [5.41, 5.74) is 7.25. The summed E-state index contributed by atoms with van der Waals surface area (Å²) in [4.78, 5) is 6.49. The fraction of sp³-hybridized carbons (Fsp3) is 0.455. The molecule has 88 valence electrons. The molecular weight excluding hydrogens is 222 g/mol. The Labute approximate surface area is 101 Å². The molecule has 1 aromatic heterocycles. The fourth-order valence-corrected chi connectivity index (χ4v) is 1.54. The van der Waals surface area contributed by atoms with Crippen molar-refractivity contribution in [3.63, 3.8) is 0 Å². The van der Waals surface area contributed by atoms with Crippen molar-refractivity contribution in [1.82, 2.24) is 9.88 Å². The number of aliphatic hydroxyl groups excluding tert-OH is 1. The van der Waals surface area contributed by atoms with Gasteiger partial charge in [-0.3, -0.25) is 9.88 Å². The minimum atomic E-state index is 0.0967. The lowest BCUT2D eigenvalue weighted by Gasteiger charge is -2.23. The summed E-state index contributed by atoms with van der Waals surface area (Å²) in [5, 5.41) is 9.05. The third-order valence-electron chi connectivity index (χ3n) is 2.56. The summed E-state index contributed by atoms with van der Waals surface area (Å²) >= 11 is 4.94. The van der Waals surface area contributed by atoms with Gasteiger partial charge in [-0.25, -0.2) is 0 Å². The maximum absolute atomic E-state index is 9.05. The summed E-state index contributed by atoms with van der Waals surface area (Å²) in [5.74, 6) is 0. The zero-order valence-electron chi connectivity index (χ0n) is 9.55. The molecule has 1 aromatic rings. The van der Waals surface area contributed by atoms with Crippen LogP contribution in [0.3, 0.4) is 0 Å². The lowest BCUT2D eigenvalue weighted by atomic mass is 10.1. The number of nitrogens with zero attached hydrogens (tertiary/aromatic N) is 2. The molecule has 0 fully saturated rings. The summed E-state index contributed by atoms with van der Waals surface area (Å²) in [7, 11) is 1.94. The number of pyridine rings is 1. The Morgan fingerprint density at radius 3 is 2.94 bits per heavy atom. The molecule has 0 radical (unpaired) electrons. The average molecular weight is 239 g/mol. The summed E-state index contributed by atoms with van der Waals surface area (Å²) in [6.07, 6.45) is 1.67. The van der Waals surface area contributed by atoms with Gasteiger partial charge in [0.2, 0.25) is 0 Å². The molecule has 0 aliphatic rings. The monoisotopic (exact) mass is 239 g/mol. The minimum Gasteiger partial charge on any atom is -0.395 e. The number of aromatic nitrogens is 1. The van der Waals surface area contributed by atoms with Crippen molar-refractivity contribution < 1.29 is 5.11 Å². The Balaban J connectivity index is 2.84. The Hall–Kier alpha value is -1.04. The molecule has 0 aromatic carbocycles. The van der Waals surface area contributed by atoms with Crippen LogP contribution >= 0.6 is 12.2 Å². The van der Waals surface area contributed by atoms with Gasteiger partial charge in [-0.1, -0.05) is 18.3 Å². The van der Waals surface area contributed by atoms with Crippen LogP contribution in [0.2, 0.25) is 0 Å². The highest BCUT2D eigenvalue weighted by atomic mass is 32.1. The van der Waals surface area contributed by atoms with Gasteiger partial charge in [-0.15, -0.1) is 0 Å². The molecule has 1 heterocycles. The quantitative estimate of drug-likeness (QED) is 0.734. The van der Waals surface area contributed by atoms with E-state index in [2.05, 4.69) is 4.98 Å². The van der Waals surface area contributed by atoms with Gasteiger partial charge >= 0.3 is 0 Å². The molecule has 0 amide bonds. The van der Waals surface area contributed by atoms with Gasteiger partial charge in [0, 0.05) is 18.8 Å². The second-order valence-corrected chi connectivity index (χ2v) is 4.26. The molecule has 1 atom stereocenters. The Morgan fingerprint density at radius 2 is 2.38 bits per heavy atom. The first-order valence-electron chi connectivity index (χ1n) is 5.11. The first-order chi connectivity index (χ1) is 7.56. The Kier molecular flexibility index (Phi) is 4.79. The zero-order valence-corrected chi connectivity index (χ0v) is 10.4. The van der Waals surface area contributed by atoms with Crippen LogP contribution < -0.4 is 5.73 Å². The van der Waals surface area contributed by atoms with Crippen LogP contribution in [0.1, 0.15) is 18.2 Å². The van der Waals surface area contributed by atoms with Gasteiger partial charge in [-0.05, 0) is 25.6 Å². The molecular formula is C11H17N3OS. The molecule has 0 saturated carbocycles. The summed E-state index contributed by atoms with van der Waals surface area (Å²) in [6.45, 7) is 2.75. The van der Waals surface area contributed by atoms with Gasteiger partial charge < -0.3 is 10.8 Å². The van der Waals surface area contributed by atoms with E-state index < -0.39 is 0 Å². The van der Waals surface area contributed by atoms with Crippen molar-refractivity contribution >= 4 is 17.2 Å². The third kappa shape index (κ3) is 3.23. The van der Waals surface area contributed by atoms with Crippen LogP contribution in [0, 0.1) is 0 Å². The van der Waals surface area contributed by atoms with E-state index in [0.717, 1.165) is 5.56 Å². The van der Waals surface area contributed by atoms with Crippen LogP contribution in [-0.2, 0) is 6.54 Å². The number of hydrogen-bond donors (Lipinski definition) is 2. The number of thiocarbonyl (C=S) groups is 1. The molecule has 5 heteroatoms. The van der Waals surface area contributed by atoms with Gasteiger partial charge in [0.05, 0.1) is 6.61 Å². The SMILES string of the molecule is CC(CO)N(C)Cc1cccnc1C(N)=S. The predicted molar refractivity (Wildman–Crippen MR) is 68.1 cm³/mol. The van der Waals surface area contributed by atoms with Crippen molar-refractivity contribution in [1.29, 1.82) is 0 Å². The first kappa shape index (κ1) is 13.0. The van der Waals surface area contributed by atoms with E-state index in [1.165, 1.54) is 0 Å². The van der Waals surface area contributed by atoms with Crippen LogP contribution in [0.15, 0.2) is 18.3 Å². The topological polar surface area (TPSA) is 62.4 Å². The molecule has 1 unspecified atom stereocenters. The van der Waals surface area contributed by atoms with E-state index in [1.54, 1.807) is 6.20 Å². The van der Waals surface area contributed by atoms with E-state index in [1.807, 2.05) is 31.0 Å². The standard InChI is InChI=1S/C11H17N3OS/c1-8(7-15)14(2)6-9-4-3-5-13-10(9)11(12)16/h3-5,8,15H,6-7H2,1-2H3,(H2,12,16). The maximum Gasteiger partial charge on any atom is 0.123 e. The van der Waals surface area contributed by atoms with Crippen molar-refractivity contribution in [2.24, 2.45) is 5.73 Å². The Morgan fingerprint density at radius 1 is 1.69 bits per heavy atom.